The molecule has 11 heavy (non-hydrogen) atoms. The molecule has 0 saturated heterocycles. The van der Waals surface area contributed by atoms with Crippen molar-refractivity contribution in [2.45, 2.75) is 39.2 Å². The topological polar surface area (TPSA) is 32.3 Å². The van der Waals surface area contributed by atoms with Gasteiger partial charge in [0.05, 0.1) is 0 Å². The molecule has 0 aliphatic carbocycles. The number of hydrogen-bond acceptors (Lipinski definition) is 2. The van der Waals surface area contributed by atoms with E-state index in [1.54, 1.807) is 0 Å². The van der Waals surface area contributed by atoms with Gasteiger partial charge >= 0.3 is 0 Å². The number of nitrogens with one attached hydrogen (secondary N) is 1. The van der Waals surface area contributed by atoms with Crippen molar-refractivity contribution >= 4 is 0 Å². The molecule has 0 aliphatic heterocycles. The van der Waals surface area contributed by atoms with Gasteiger partial charge < -0.3 is 10.4 Å². The van der Waals surface area contributed by atoms with Gasteiger partial charge in [0.15, 0.2) is 0 Å². The Morgan fingerprint density at radius 2 is 2.00 bits per heavy atom. The minimum absolute atomic E-state index is 0.308. The van der Waals surface area contributed by atoms with Gasteiger partial charge in [-0.2, -0.15) is 0 Å². The Kier molecular flexibility index (Phi) is 6.57. The summed E-state index contributed by atoms with van der Waals surface area (Å²) >= 11 is 0. The summed E-state index contributed by atoms with van der Waals surface area (Å²) < 4.78 is 0. The second-order valence-corrected chi connectivity index (χ2v) is 3.03. The Morgan fingerprint density at radius 3 is 2.27 bits per heavy atom. The molecule has 0 saturated carbocycles. The molecule has 0 heterocycles. The van der Waals surface area contributed by atoms with Gasteiger partial charge in [0, 0.05) is 12.6 Å². The van der Waals surface area contributed by atoms with Gasteiger partial charge in [-0.3, -0.25) is 0 Å². The van der Waals surface area contributed by atoms with E-state index in [2.05, 4.69) is 19.2 Å². The first-order chi connectivity index (χ1) is 5.29. The van der Waals surface area contributed by atoms with Crippen LogP contribution in [0.2, 0.25) is 0 Å². The fraction of sp³-hybridized carbons (Fsp3) is 1.00. The van der Waals surface area contributed by atoms with Crippen molar-refractivity contribution in [3.05, 3.63) is 0 Å². The van der Waals surface area contributed by atoms with Crippen LogP contribution in [0.4, 0.5) is 0 Å². The molecule has 2 heteroatoms. The van der Waals surface area contributed by atoms with Crippen LogP contribution in [0.25, 0.3) is 0 Å². The maximum atomic E-state index is 9.01. The minimum Gasteiger partial charge on any atom is -0.396 e. The van der Waals surface area contributed by atoms with Crippen LogP contribution >= 0.6 is 0 Å². The van der Waals surface area contributed by atoms with E-state index in [0.29, 0.717) is 18.6 Å². The number of aliphatic hydroxyl groups is 1. The van der Waals surface area contributed by atoms with E-state index in [1.807, 2.05) is 7.05 Å². The summed E-state index contributed by atoms with van der Waals surface area (Å²) in [5, 5.41) is 12.3. The molecule has 0 aromatic heterocycles. The van der Waals surface area contributed by atoms with Crippen LogP contribution < -0.4 is 5.32 Å². The van der Waals surface area contributed by atoms with E-state index >= 15 is 0 Å². The summed E-state index contributed by atoms with van der Waals surface area (Å²) in [5.41, 5.74) is 0. The average molecular weight is 159 g/mol. The molecule has 0 spiro atoms. The SMILES string of the molecule is CCCC(NC)C(CC)CO. The first-order valence-corrected chi connectivity index (χ1v) is 4.58. The highest BCUT2D eigenvalue weighted by molar-refractivity contribution is 4.72. The summed E-state index contributed by atoms with van der Waals surface area (Å²) in [7, 11) is 1.97. The van der Waals surface area contributed by atoms with E-state index in [-0.39, 0.29) is 0 Å². The monoisotopic (exact) mass is 159 g/mol. The Bertz CT molecular complexity index is 81.6. The zero-order valence-corrected chi connectivity index (χ0v) is 7.93. The third-order valence-electron chi connectivity index (χ3n) is 2.30. The zero-order chi connectivity index (χ0) is 8.69. The van der Waals surface area contributed by atoms with Gasteiger partial charge in [0.2, 0.25) is 0 Å². The molecule has 0 fully saturated rings. The maximum Gasteiger partial charge on any atom is 0.0474 e. The van der Waals surface area contributed by atoms with Gasteiger partial charge in [-0.25, -0.2) is 0 Å². The van der Waals surface area contributed by atoms with Gasteiger partial charge in [-0.15, -0.1) is 0 Å². The van der Waals surface area contributed by atoms with Crippen LogP contribution in [0, 0.1) is 5.92 Å². The van der Waals surface area contributed by atoms with E-state index < -0.39 is 0 Å². The van der Waals surface area contributed by atoms with Gasteiger partial charge in [-0.05, 0) is 25.8 Å². The molecule has 0 rings (SSSR count). The van der Waals surface area contributed by atoms with E-state index in [1.165, 1.54) is 6.42 Å². The summed E-state index contributed by atoms with van der Waals surface area (Å²) in [6.07, 6.45) is 3.40. The smallest absolute Gasteiger partial charge is 0.0474 e. The number of aliphatic hydroxyl groups excluding tert-OH is 1. The molecular formula is C9H21NO. The normalized spacial score (nSPS) is 16.4. The van der Waals surface area contributed by atoms with Crippen LogP contribution in [-0.2, 0) is 0 Å². The lowest BCUT2D eigenvalue weighted by Crippen LogP contribution is -2.35. The van der Waals surface area contributed by atoms with Crippen LogP contribution in [0.5, 0.6) is 0 Å². The lowest BCUT2D eigenvalue weighted by atomic mass is 9.94. The van der Waals surface area contributed by atoms with Crippen molar-refractivity contribution in [2.24, 2.45) is 5.92 Å². The highest BCUT2D eigenvalue weighted by atomic mass is 16.3. The van der Waals surface area contributed by atoms with Crippen molar-refractivity contribution in [3.8, 4) is 0 Å². The highest BCUT2D eigenvalue weighted by Crippen LogP contribution is 2.12. The van der Waals surface area contributed by atoms with Gasteiger partial charge in [0.1, 0.15) is 0 Å². The fourth-order valence-electron chi connectivity index (χ4n) is 1.47. The quantitative estimate of drug-likeness (QED) is 0.614. The fourth-order valence-corrected chi connectivity index (χ4v) is 1.47. The van der Waals surface area contributed by atoms with E-state index in [4.69, 9.17) is 5.11 Å². The second-order valence-electron chi connectivity index (χ2n) is 3.03. The first kappa shape index (κ1) is 10.9. The molecule has 0 bridgehead atoms. The largest absolute Gasteiger partial charge is 0.396 e. The summed E-state index contributed by atoms with van der Waals surface area (Å²) in [5.74, 6) is 0.431. The Balaban J connectivity index is 3.76. The molecule has 0 aliphatic rings. The van der Waals surface area contributed by atoms with E-state index in [0.717, 1.165) is 12.8 Å². The molecule has 2 N–H and O–H groups in total. The molecule has 68 valence electrons. The van der Waals surface area contributed by atoms with Crippen LogP contribution in [0.1, 0.15) is 33.1 Å². The summed E-state index contributed by atoms with van der Waals surface area (Å²) in [4.78, 5) is 0. The van der Waals surface area contributed by atoms with Crippen LogP contribution in [0.3, 0.4) is 0 Å². The lowest BCUT2D eigenvalue weighted by molar-refractivity contribution is 0.183. The third-order valence-corrected chi connectivity index (χ3v) is 2.30. The summed E-state index contributed by atoms with van der Waals surface area (Å²) in [6, 6.07) is 0.495. The Morgan fingerprint density at radius 1 is 1.36 bits per heavy atom. The predicted molar refractivity (Wildman–Crippen MR) is 48.6 cm³/mol. The van der Waals surface area contributed by atoms with Gasteiger partial charge in [-0.1, -0.05) is 20.3 Å². The Labute approximate surface area is 70.0 Å². The third kappa shape index (κ3) is 3.73. The number of hydrogen-bond donors (Lipinski definition) is 2. The molecule has 2 unspecified atom stereocenters. The zero-order valence-electron chi connectivity index (χ0n) is 7.93. The van der Waals surface area contributed by atoms with Crippen molar-refractivity contribution in [2.75, 3.05) is 13.7 Å². The van der Waals surface area contributed by atoms with E-state index in [9.17, 15) is 0 Å². The first-order valence-electron chi connectivity index (χ1n) is 4.58. The van der Waals surface area contributed by atoms with Crippen molar-refractivity contribution < 1.29 is 5.11 Å². The molecule has 0 amide bonds. The molecule has 0 radical (unpaired) electrons. The van der Waals surface area contributed by atoms with Crippen molar-refractivity contribution in [3.63, 3.8) is 0 Å². The number of rotatable bonds is 6. The molecule has 2 atom stereocenters. The van der Waals surface area contributed by atoms with Gasteiger partial charge in [0.25, 0.3) is 0 Å². The second kappa shape index (κ2) is 6.62. The predicted octanol–water partition coefficient (Wildman–Crippen LogP) is 1.39. The minimum atomic E-state index is 0.308. The molecular weight excluding hydrogens is 138 g/mol. The highest BCUT2D eigenvalue weighted by Gasteiger charge is 2.15. The van der Waals surface area contributed by atoms with Crippen LogP contribution in [-0.4, -0.2) is 24.8 Å². The average Bonchev–Trinajstić information content (AvgIpc) is 2.05. The molecule has 0 aromatic rings. The standard InChI is InChI=1S/C9H21NO/c1-4-6-9(10-3)8(5-2)7-11/h8-11H,4-7H2,1-3H3. The molecule has 0 aromatic carbocycles. The molecule has 2 nitrogen and oxygen atoms in total. The maximum absolute atomic E-state index is 9.01. The van der Waals surface area contributed by atoms with Crippen LogP contribution in [0.15, 0.2) is 0 Å². The lowest BCUT2D eigenvalue weighted by Gasteiger charge is -2.23. The summed E-state index contributed by atoms with van der Waals surface area (Å²) in [6.45, 7) is 4.61. The Hall–Kier alpha value is -0.0800. The van der Waals surface area contributed by atoms with Crippen molar-refractivity contribution in [1.82, 2.24) is 5.32 Å². The van der Waals surface area contributed by atoms with Crippen molar-refractivity contribution in [1.29, 1.82) is 0 Å².